The van der Waals surface area contributed by atoms with E-state index in [-0.39, 0.29) is 19.3 Å². The summed E-state index contributed by atoms with van der Waals surface area (Å²) in [5.41, 5.74) is 0.928. The third-order valence-corrected chi connectivity index (χ3v) is 3.17. The third-order valence-electron chi connectivity index (χ3n) is 3.17. The molecule has 0 amide bonds. The van der Waals surface area contributed by atoms with Gasteiger partial charge < -0.3 is 14.8 Å². The second-order valence-electron chi connectivity index (χ2n) is 4.66. The smallest absolute Gasteiger partial charge is 0.391 e. The van der Waals surface area contributed by atoms with E-state index in [1.54, 1.807) is 0 Å². The lowest BCUT2D eigenvalue weighted by Gasteiger charge is -2.34. The van der Waals surface area contributed by atoms with Crippen LogP contribution in [0.25, 0.3) is 0 Å². The summed E-state index contributed by atoms with van der Waals surface area (Å²) < 4.78 is 47.4. The number of hydrogen-bond acceptors (Lipinski definition) is 3. The minimum absolute atomic E-state index is 0.141. The molecule has 20 heavy (non-hydrogen) atoms. The molecule has 112 valence electrons. The van der Waals surface area contributed by atoms with Gasteiger partial charge in [0.05, 0.1) is 19.1 Å². The van der Waals surface area contributed by atoms with Crippen LogP contribution in [0.15, 0.2) is 24.3 Å². The first-order valence-corrected chi connectivity index (χ1v) is 6.64. The number of likely N-dealkylation sites (N-methyl/N-ethyl adjacent to an activating group) is 1. The molecule has 6 heteroatoms. The van der Waals surface area contributed by atoms with Gasteiger partial charge >= 0.3 is 6.18 Å². The van der Waals surface area contributed by atoms with Crippen LogP contribution in [0.1, 0.15) is 24.9 Å². The quantitative estimate of drug-likeness (QED) is 0.903. The molecule has 0 saturated carbocycles. The van der Waals surface area contributed by atoms with Crippen molar-refractivity contribution in [3.05, 3.63) is 29.8 Å². The van der Waals surface area contributed by atoms with E-state index in [9.17, 15) is 13.2 Å². The van der Waals surface area contributed by atoms with E-state index >= 15 is 0 Å². The Kier molecular flexibility index (Phi) is 4.88. The summed E-state index contributed by atoms with van der Waals surface area (Å²) in [6, 6.07) is 7.36. The lowest BCUT2D eigenvalue weighted by atomic mass is 9.98. The van der Waals surface area contributed by atoms with Crippen LogP contribution in [0.2, 0.25) is 0 Å². The summed E-state index contributed by atoms with van der Waals surface area (Å²) in [5.74, 6) is 0.758. The fraction of sp³-hybridized carbons (Fsp3) is 0.571. The van der Waals surface area contributed by atoms with Gasteiger partial charge in [-0.3, -0.25) is 0 Å². The number of nitrogens with one attached hydrogen (secondary N) is 1. The molecule has 1 aliphatic heterocycles. The zero-order valence-corrected chi connectivity index (χ0v) is 11.2. The van der Waals surface area contributed by atoms with Crippen molar-refractivity contribution in [2.75, 3.05) is 19.8 Å². The van der Waals surface area contributed by atoms with Crippen molar-refractivity contribution in [1.29, 1.82) is 0 Å². The van der Waals surface area contributed by atoms with Crippen LogP contribution in [-0.2, 0) is 4.74 Å². The van der Waals surface area contributed by atoms with Gasteiger partial charge in [0.15, 0.2) is 0 Å². The number of benzene rings is 1. The van der Waals surface area contributed by atoms with Crippen molar-refractivity contribution in [1.82, 2.24) is 5.32 Å². The maximum atomic E-state index is 12.2. The highest BCUT2D eigenvalue weighted by molar-refractivity contribution is 5.38. The largest absolute Gasteiger partial charge is 0.490 e. The molecule has 3 nitrogen and oxygen atoms in total. The molecule has 0 bridgehead atoms. The third kappa shape index (κ3) is 3.86. The van der Waals surface area contributed by atoms with Crippen LogP contribution in [0.3, 0.4) is 0 Å². The normalized spacial score (nSPS) is 22.2. The number of halogens is 3. The molecule has 0 radical (unpaired) electrons. The number of ether oxygens (including phenoxy) is 2. The summed E-state index contributed by atoms with van der Waals surface area (Å²) in [6.45, 7) is 2.57. The van der Waals surface area contributed by atoms with Gasteiger partial charge in [-0.2, -0.15) is 13.2 Å². The van der Waals surface area contributed by atoms with Crippen LogP contribution in [0.5, 0.6) is 5.75 Å². The summed E-state index contributed by atoms with van der Waals surface area (Å²) in [4.78, 5) is 0. The van der Waals surface area contributed by atoms with Gasteiger partial charge in [0.25, 0.3) is 0 Å². The Bertz CT molecular complexity index is 437. The zero-order valence-electron chi connectivity index (χ0n) is 11.2. The zero-order chi connectivity index (χ0) is 14.6. The molecule has 0 fully saturated rings. The SMILES string of the molecule is CCNC1c2ccccc2OCC1OCCC(F)(F)F. The number of rotatable bonds is 5. The Labute approximate surface area is 116 Å². The Morgan fingerprint density at radius 1 is 1.35 bits per heavy atom. The Balaban J connectivity index is 2.02. The van der Waals surface area contributed by atoms with E-state index in [2.05, 4.69) is 5.32 Å². The first kappa shape index (κ1) is 15.1. The molecule has 0 aliphatic carbocycles. The molecule has 2 rings (SSSR count). The fourth-order valence-electron chi connectivity index (χ4n) is 2.27. The highest BCUT2D eigenvalue weighted by Gasteiger charge is 2.33. The lowest BCUT2D eigenvalue weighted by Crippen LogP contribution is -2.41. The molecule has 1 heterocycles. The van der Waals surface area contributed by atoms with Gasteiger partial charge in [-0.05, 0) is 12.6 Å². The lowest BCUT2D eigenvalue weighted by molar-refractivity contribution is -0.152. The molecule has 1 aromatic rings. The molecule has 1 aromatic carbocycles. The van der Waals surface area contributed by atoms with Crippen molar-refractivity contribution < 1.29 is 22.6 Å². The van der Waals surface area contributed by atoms with E-state index in [1.807, 2.05) is 31.2 Å². The second-order valence-corrected chi connectivity index (χ2v) is 4.66. The summed E-state index contributed by atoms with van der Waals surface area (Å²) in [6.07, 6.45) is -5.54. The second kappa shape index (κ2) is 6.45. The van der Waals surface area contributed by atoms with E-state index in [4.69, 9.17) is 9.47 Å². The summed E-state index contributed by atoms with van der Waals surface area (Å²) in [7, 11) is 0. The Morgan fingerprint density at radius 2 is 2.10 bits per heavy atom. The topological polar surface area (TPSA) is 30.5 Å². The predicted octanol–water partition coefficient (Wildman–Crippen LogP) is 3.07. The van der Waals surface area contributed by atoms with Gasteiger partial charge in [-0.1, -0.05) is 25.1 Å². The molecular weight excluding hydrogens is 271 g/mol. The summed E-state index contributed by atoms with van der Waals surface area (Å²) in [5, 5.41) is 3.25. The molecule has 0 aromatic heterocycles. The van der Waals surface area contributed by atoms with Crippen LogP contribution in [-0.4, -0.2) is 32.0 Å². The van der Waals surface area contributed by atoms with Crippen molar-refractivity contribution >= 4 is 0 Å². The van der Waals surface area contributed by atoms with Gasteiger partial charge in [0.2, 0.25) is 0 Å². The molecule has 1 N–H and O–H groups in total. The Morgan fingerprint density at radius 3 is 2.80 bits per heavy atom. The summed E-state index contributed by atoms with van der Waals surface area (Å²) >= 11 is 0. The Hall–Kier alpha value is -1.27. The van der Waals surface area contributed by atoms with Crippen LogP contribution < -0.4 is 10.1 Å². The number of alkyl halides is 3. The van der Waals surface area contributed by atoms with E-state index in [1.165, 1.54) is 0 Å². The van der Waals surface area contributed by atoms with Gasteiger partial charge in [-0.25, -0.2) is 0 Å². The maximum Gasteiger partial charge on any atom is 0.391 e. The van der Waals surface area contributed by atoms with Crippen molar-refractivity contribution in [2.24, 2.45) is 0 Å². The minimum Gasteiger partial charge on any atom is -0.490 e. The molecule has 0 spiro atoms. The monoisotopic (exact) mass is 289 g/mol. The van der Waals surface area contributed by atoms with Crippen LogP contribution >= 0.6 is 0 Å². The van der Waals surface area contributed by atoms with E-state index in [0.29, 0.717) is 6.54 Å². The highest BCUT2D eigenvalue weighted by atomic mass is 19.4. The van der Waals surface area contributed by atoms with E-state index in [0.717, 1.165) is 11.3 Å². The van der Waals surface area contributed by atoms with Gasteiger partial charge in [-0.15, -0.1) is 0 Å². The van der Waals surface area contributed by atoms with E-state index < -0.39 is 18.7 Å². The van der Waals surface area contributed by atoms with Crippen molar-refractivity contribution in [3.8, 4) is 5.75 Å². The van der Waals surface area contributed by atoms with Gasteiger partial charge in [0, 0.05) is 5.56 Å². The van der Waals surface area contributed by atoms with Crippen LogP contribution in [0.4, 0.5) is 13.2 Å². The fourth-order valence-corrected chi connectivity index (χ4v) is 2.27. The standard InChI is InChI=1S/C14H18F3NO2/c1-2-18-13-10-5-3-4-6-11(10)20-9-12(13)19-8-7-14(15,16)17/h3-6,12-13,18H,2,7-9H2,1H3. The van der Waals surface area contributed by atoms with Crippen molar-refractivity contribution in [2.45, 2.75) is 31.7 Å². The number of fused-ring (bicyclic) bond motifs is 1. The number of para-hydroxylation sites is 1. The maximum absolute atomic E-state index is 12.2. The average molecular weight is 289 g/mol. The molecule has 2 unspecified atom stereocenters. The molecule has 2 atom stereocenters. The first-order valence-electron chi connectivity index (χ1n) is 6.64. The molecular formula is C14H18F3NO2. The molecule has 0 saturated heterocycles. The van der Waals surface area contributed by atoms with Crippen LogP contribution in [0, 0.1) is 0 Å². The number of hydrogen-bond donors (Lipinski definition) is 1. The molecule has 1 aliphatic rings. The van der Waals surface area contributed by atoms with Gasteiger partial charge in [0.1, 0.15) is 18.5 Å². The highest BCUT2D eigenvalue weighted by Crippen LogP contribution is 2.33. The minimum atomic E-state index is -4.19. The predicted molar refractivity (Wildman–Crippen MR) is 68.8 cm³/mol. The van der Waals surface area contributed by atoms with Crippen molar-refractivity contribution in [3.63, 3.8) is 0 Å². The first-order chi connectivity index (χ1) is 9.51. The average Bonchev–Trinajstić information content (AvgIpc) is 2.40.